The molecule has 0 saturated heterocycles. The van der Waals surface area contributed by atoms with Crippen molar-refractivity contribution in [1.82, 2.24) is 9.97 Å². The Morgan fingerprint density at radius 1 is 1.50 bits per heavy atom. The van der Waals surface area contributed by atoms with E-state index < -0.39 is 0 Å². The summed E-state index contributed by atoms with van der Waals surface area (Å²) in [4.78, 5) is 17.3. The molecule has 0 amide bonds. The van der Waals surface area contributed by atoms with Crippen molar-refractivity contribution >= 4 is 33.2 Å². The quantitative estimate of drug-likeness (QED) is 0.755. The standard InChI is InChI=1S/C8H5BrN2O/c9-5-2-1-3-6-8(5)11-7(4-12)10-6/h1-4H,(H,10,11). The molecule has 3 nitrogen and oxygen atoms in total. The monoisotopic (exact) mass is 224 g/mol. The Hall–Kier alpha value is -1.16. The van der Waals surface area contributed by atoms with Crippen molar-refractivity contribution in [3.63, 3.8) is 0 Å². The Bertz CT molecular complexity index is 436. The van der Waals surface area contributed by atoms with Crippen LogP contribution in [0.2, 0.25) is 0 Å². The molecule has 0 fully saturated rings. The Kier molecular flexibility index (Phi) is 1.69. The van der Waals surface area contributed by atoms with Crippen LogP contribution in [0.25, 0.3) is 11.0 Å². The average Bonchev–Trinajstić information content (AvgIpc) is 2.49. The Morgan fingerprint density at radius 2 is 2.33 bits per heavy atom. The molecule has 0 aliphatic rings. The molecule has 1 heterocycles. The summed E-state index contributed by atoms with van der Waals surface area (Å²) in [6.45, 7) is 0. The molecule has 4 heteroatoms. The molecule has 0 saturated carbocycles. The predicted molar refractivity (Wildman–Crippen MR) is 49.2 cm³/mol. The molecule has 2 aromatic rings. The van der Waals surface area contributed by atoms with Gasteiger partial charge in [-0.05, 0) is 28.1 Å². The van der Waals surface area contributed by atoms with Gasteiger partial charge in [0.1, 0.15) is 5.52 Å². The SMILES string of the molecule is O=Cc1nc2c(Br)cccc2[nH]1. The molecule has 0 aliphatic carbocycles. The first-order valence-corrected chi connectivity index (χ1v) is 4.20. The lowest BCUT2D eigenvalue weighted by molar-refractivity contribution is 0.111. The van der Waals surface area contributed by atoms with Gasteiger partial charge in [0.05, 0.1) is 5.52 Å². The number of benzene rings is 1. The van der Waals surface area contributed by atoms with E-state index in [-0.39, 0.29) is 0 Å². The predicted octanol–water partition coefficient (Wildman–Crippen LogP) is 2.14. The Balaban J connectivity index is 2.82. The molecule has 0 aliphatic heterocycles. The Labute approximate surface area is 76.9 Å². The molecule has 0 spiro atoms. The fraction of sp³-hybridized carbons (Fsp3) is 0. The zero-order valence-corrected chi connectivity index (χ0v) is 7.63. The lowest BCUT2D eigenvalue weighted by Gasteiger charge is -1.88. The van der Waals surface area contributed by atoms with Crippen molar-refractivity contribution in [2.45, 2.75) is 0 Å². The highest BCUT2D eigenvalue weighted by Gasteiger charge is 2.03. The van der Waals surface area contributed by atoms with E-state index in [1.807, 2.05) is 18.2 Å². The molecule has 1 aromatic carbocycles. The first kappa shape index (κ1) is 7.49. The van der Waals surface area contributed by atoms with Crippen molar-refractivity contribution in [3.05, 3.63) is 28.5 Å². The highest BCUT2D eigenvalue weighted by atomic mass is 79.9. The first-order valence-electron chi connectivity index (χ1n) is 3.40. The van der Waals surface area contributed by atoms with Crippen molar-refractivity contribution in [2.24, 2.45) is 0 Å². The molecule has 0 bridgehead atoms. The second kappa shape index (κ2) is 2.71. The van der Waals surface area contributed by atoms with Crippen molar-refractivity contribution in [3.8, 4) is 0 Å². The van der Waals surface area contributed by atoms with E-state index in [4.69, 9.17) is 0 Å². The summed E-state index contributed by atoms with van der Waals surface area (Å²) >= 11 is 3.34. The number of fused-ring (bicyclic) bond motifs is 1. The summed E-state index contributed by atoms with van der Waals surface area (Å²) in [5.74, 6) is 0.358. The van der Waals surface area contributed by atoms with E-state index >= 15 is 0 Å². The zero-order chi connectivity index (χ0) is 8.55. The lowest BCUT2D eigenvalue weighted by Crippen LogP contribution is -1.79. The van der Waals surface area contributed by atoms with E-state index in [0.717, 1.165) is 15.5 Å². The van der Waals surface area contributed by atoms with E-state index in [0.29, 0.717) is 12.1 Å². The lowest BCUT2D eigenvalue weighted by atomic mass is 10.3. The zero-order valence-electron chi connectivity index (χ0n) is 6.04. The first-order chi connectivity index (χ1) is 5.81. The number of imidazole rings is 1. The van der Waals surface area contributed by atoms with Gasteiger partial charge < -0.3 is 4.98 Å². The smallest absolute Gasteiger partial charge is 0.185 e. The number of carbonyl (C=O) groups excluding carboxylic acids is 1. The third-order valence-corrected chi connectivity index (χ3v) is 2.23. The van der Waals surface area contributed by atoms with Gasteiger partial charge in [-0.25, -0.2) is 4.98 Å². The number of H-pyrrole nitrogens is 1. The van der Waals surface area contributed by atoms with Crippen LogP contribution in [0.15, 0.2) is 22.7 Å². The van der Waals surface area contributed by atoms with Gasteiger partial charge in [-0.1, -0.05) is 6.07 Å². The summed E-state index contributed by atoms with van der Waals surface area (Å²) in [6, 6.07) is 5.65. The maximum atomic E-state index is 10.4. The number of rotatable bonds is 1. The van der Waals surface area contributed by atoms with Gasteiger partial charge in [0.25, 0.3) is 0 Å². The van der Waals surface area contributed by atoms with Crippen LogP contribution >= 0.6 is 15.9 Å². The van der Waals surface area contributed by atoms with E-state index in [1.165, 1.54) is 0 Å². The van der Waals surface area contributed by atoms with Gasteiger partial charge in [0.15, 0.2) is 12.1 Å². The topological polar surface area (TPSA) is 45.8 Å². The van der Waals surface area contributed by atoms with Gasteiger partial charge in [-0.3, -0.25) is 4.79 Å². The van der Waals surface area contributed by atoms with Crippen LogP contribution in [-0.2, 0) is 0 Å². The number of aldehydes is 1. The third-order valence-electron chi connectivity index (χ3n) is 1.59. The van der Waals surface area contributed by atoms with Crippen LogP contribution in [0, 0.1) is 0 Å². The molecule has 0 radical (unpaired) electrons. The number of halogens is 1. The fourth-order valence-electron chi connectivity index (χ4n) is 1.07. The molecule has 1 aromatic heterocycles. The second-order valence-corrected chi connectivity index (χ2v) is 3.23. The molecule has 2 rings (SSSR count). The minimum absolute atomic E-state index is 0.358. The molecular formula is C8H5BrN2O. The summed E-state index contributed by atoms with van der Waals surface area (Å²) in [7, 11) is 0. The maximum Gasteiger partial charge on any atom is 0.185 e. The molecule has 60 valence electrons. The van der Waals surface area contributed by atoms with Gasteiger partial charge in [-0.2, -0.15) is 0 Å². The number of carbonyl (C=O) groups is 1. The van der Waals surface area contributed by atoms with Crippen LogP contribution < -0.4 is 0 Å². The minimum atomic E-state index is 0.358. The van der Waals surface area contributed by atoms with Gasteiger partial charge in [-0.15, -0.1) is 0 Å². The highest BCUT2D eigenvalue weighted by Crippen LogP contribution is 2.20. The summed E-state index contributed by atoms with van der Waals surface area (Å²) in [5.41, 5.74) is 1.66. The average molecular weight is 225 g/mol. The van der Waals surface area contributed by atoms with Crippen LogP contribution in [0.3, 0.4) is 0 Å². The van der Waals surface area contributed by atoms with Crippen molar-refractivity contribution in [2.75, 3.05) is 0 Å². The van der Waals surface area contributed by atoms with E-state index in [2.05, 4.69) is 25.9 Å². The summed E-state index contributed by atoms with van der Waals surface area (Å²) in [6.07, 6.45) is 0.701. The van der Waals surface area contributed by atoms with Gasteiger partial charge in [0, 0.05) is 4.47 Å². The largest absolute Gasteiger partial charge is 0.336 e. The molecule has 0 atom stereocenters. The fourth-order valence-corrected chi connectivity index (χ4v) is 1.53. The van der Waals surface area contributed by atoms with E-state index in [1.54, 1.807) is 0 Å². The van der Waals surface area contributed by atoms with Crippen LogP contribution in [0.1, 0.15) is 10.6 Å². The van der Waals surface area contributed by atoms with Crippen LogP contribution in [0.4, 0.5) is 0 Å². The highest BCUT2D eigenvalue weighted by molar-refractivity contribution is 9.10. The maximum absolute atomic E-state index is 10.4. The third kappa shape index (κ3) is 1.04. The Morgan fingerprint density at radius 3 is 3.00 bits per heavy atom. The molecule has 1 N–H and O–H groups in total. The number of hydrogen-bond acceptors (Lipinski definition) is 2. The molecule has 0 unspecified atom stereocenters. The molecular weight excluding hydrogens is 220 g/mol. The van der Waals surface area contributed by atoms with Crippen LogP contribution in [-0.4, -0.2) is 16.3 Å². The second-order valence-electron chi connectivity index (χ2n) is 2.38. The number of nitrogens with one attached hydrogen (secondary N) is 1. The van der Waals surface area contributed by atoms with E-state index in [9.17, 15) is 4.79 Å². The molecule has 12 heavy (non-hydrogen) atoms. The number of aromatic amines is 1. The number of nitrogens with zero attached hydrogens (tertiary/aromatic N) is 1. The van der Waals surface area contributed by atoms with Gasteiger partial charge >= 0.3 is 0 Å². The normalized spacial score (nSPS) is 10.4. The van der Waals surface area contributed by atoms with Gasteiger partial charge in [0.2, 0.25) is 0 Å². The van der Waals surface area contributed by atoms with Crippen molar-refractivity contribution < 1.29 is 4.79 Å². The number of hydrogen-bond donors (Lipinski definition) is 1. The minimum Gasteiger partial charge on any atom is -0.336 e. The number of para-hydroxylation sites is 1. The van der Waals surface area contributed by atoms with Crippen molar-refractivity contribution in [1.29, 1.82) is 0 Å². The number of aromatic nitrogens is 2. The van der Waals surface area contributed by atoms with Crippen LogP contribution in [0.5, 0.6) is 0 Å². The summed E-state index contributed by atoms with van der Waals surface area (Å²) < 4.78 is 0.893. The summed E-state index contributed by atoms with van der Waals surface area (Å²) in [5, 5.41) is 0.